The van der Waals surface area contributed by atoms with E-state index in [9.17, 15) is 18.0 Å². The fraction of sp³-hybridized carbons (Fsp3) is 0.286. The molecule has 1 atom stereocenters. The van der Waals surface area contributed by atoms with Gasteiger partial charge in [-0.3, -0.25) is 4.79 Å². The lowest BCUT2D eigenvalue weighted by molar-refractivity contribution is -0.137. The molecule has 0 aliphatic rings. The maximum Gasteiger partial charge on any atom is 0.416 e. The summed E-state index contributed by atoms with van der Waals surface area (Å²) >= 11 is 0. The van der Waals surface area contributed by atoms with Crippen molar-refractivity contribution in [3.05, 3.63) is 65.2 Å². The Morgan fingerprint density at radius 2 is 1.83 bits per heavy atom. The molecule has 1 N–H and O–H groups in total. The molecular formula is C21H24F3N3O3. The molecule has 0 saturated carbocycles. The van der Waals surface area contributed by atoms with Gasteiger partial charge in [-0.2, -0.15) is 13.2 Å². The number of carbonyl (C=O) groups is 1. The van der Waals surface area contributed by atoms with E-state index in [1.165, 1.54) is 26.3 Å². The van der Waals surface area contributed by atoms with Crippen LogP contribution in [0.2, 0.25) is 0 Å². The number of nitrogens with zero attached hydrogens (tertiary/aromatic N) is 2. The quantitative estimate of drug-likeness (QED) is 0.499. The van der Waals surface area contributed by atoms with Gasteiger partial charge in [0.15, 0.2) is 5.78 Å². The van der Waals surface area contributed by atoms with Crippen LogP contribution in [-0.2, 0) is 20.6 Å². The summed E-state index contributed by atoms with van der Waals surface area (Å²) in [5.41, 5.74) is 1.42. The predicted molar refractivity (Wildman–Crippen MR) is 111 cm³/mol. The van der Waals surface area contributed by atoms with E-state index in [-0.39, 0.29) is 5.78 Å². The molecule has 0 saturated heterocycles. The van der Waals surface area contributed by atoms with Crippen LogP contribution in [0.3, 0.4) is 0 Å². The van der Waals surface area contributed by atoms with Gasteiger partial charge < -0.3 is 15.0 Å². The molecule has 0 spiro atoms. The molecule has 0 aliphatic heterocycles. The Hall–Kier alpha value is -3.36. The Morgan fingerprint density at radius 1 is 1.13 bits per heavy atom. The van der Waals surface area contributed by atoms with Crippen LogP contribution in [0.25, 0.3) is 0 Å². The van der Waals surface area contributed by atoms with Crippen molar-refractivity contribution in [2.75, 3.05) is 19.5 Å². The van der Waals surface area contributed by atoms with Crippen LogP contribution in [0.15, 0.2) is 58.8 Å². The van der Waals surface area contributed by atoms with Crippen molar-refractivity contribution < 1.29 is 27.6 Å². The second-order valence-corrected chi connectivity index (χ2v) is 5.97. The Bertz CT molecular complexity index is 868. The Morgan fingerprint density at radius 3 is 2.40 bits per heavy atom. The van der Waals surface area contributed by atoms with Crippen molar-refractivity contribution in [2.24, 2.45) is 10.3 Å². The van der Waals surface area contributed by atoms with Crippen molar-refractivity contribution in [1.82, 2.24) is 0 Å². The molecule has 1 unspecified atom stereocenters. The lowest BCUT2D eigenvalue weighted by atomic mass is 10.1. The van der Waals surface area contributed by atoms with E-state index in [0.29, 0.717) is 5.56 Å². The van der Waals surface area contributed by atoms with Crippen molar-refractivity contribution >= 4 is 23.9 Å². The summed E-state index contributed by atoms with van der Waals surface area (Å²) in [6.45, 7) is 3.05. The van der Waals surface area contributed by atoms with Gasteiger partial charge in [0, 0.05) is 25.2 Å². The third kappa shape index (κ3) is 8.76. The van der Waals surface area contributed by atoms with E-state index < -0.39 is 17.8 Å². The molecular weight excluding hydrogens is 399 g/mol. The highest BCUT2D eigenvalue weighted by atomic mass is 19.4. The molecule has 9 heteroatoms. The third-order valence-corrected chi connectivity index (χ3v) is 3.66. The molecule has 0 radical (unpaired) electrons. The molecule has 6 nitrogen and oxygen atoms in total. The van der Waals surface area contributed by atoms with Crippen molar-refractivity contribution in [2.45, 2.75) is 26.1 Å². The molecule has 2 aromatic rings. The molecule has 2 aromatic carbocycles. The fourth-order valence-electron chi connectivity index (χ4n) is 2.17. The number of anilines is 1. The number of halogens is 3. The van der Waals surface area contributed by atoms with Crippen molar-refractivity contribution in [1.29, 1.82) is 0 Å². The van der Waals surface area contributed by atoms with E-state index in [2.05, 4.69) is 20.5 Å². The van der Waals surface area contributed by atoms with Crippen LogP contribution < -0.4 is 5.32 Å². The predicted octanol–water partition coefficient (Wildman–Crippen LogP) is 5.07. The standard InChI is InChI=1S/C17H17F3N2O.C4H7NO2/c1-12(13-7-5-8-15(10-13)17(18,19)20)23-22-11-14-6-3-4-9-16(14)21-2;1-4(6)3-5-7-2/h3-12,21H,1-2H3;3H,1-2H3/b22-11+;5-3+. The summed E-state index contributed by atoms with van der Waals surface area (Å²) in [6.07, 6.45) is -2.32. The summed E-state index contributed by atoms with van der Waals surface area (Å²) in [6, 6.07) is 12.5. The van der Waals surface area contributed by atoms with Crippen LogP contribution in [0.1, 0.15) is 36.6 Å². The van der Waals surface area contributed by atoms with Crippen molar-refractivity contribution in [3.8, 4) is 0 Å². The lowest BCUT2D eigenvalue weighted by Gasteiger charge is -2.13. The first-order chi connectivity index (χ1) is 14.2. The first-order valence-corrected chi connectivity index (χ1v) is 8.89. The maximum absolute atomic E-state index is 12.7. The summed E-state index contributed by atoms with van der Waals surface area (Å²) in [5, 5.41) is 10.1. The molecule has 0 aromatic heterocycles. The second-order valence-electron chi connectivity index (χ2n) is 5.97. The Balaban J connectivity index is 0.000000553. The zero-order valence-corrected chi connectivity index (χ0v) is 17.1. The summed E-state index contributed by atoms with van der Waals surface area (Å²) < 4.78 is 38.1. The third-order valence-electron chi connectivity index (χ3n) is 3.66. The average Bonchev–Trinajstić information content (AvgIpc) is 2.72. The van der Waals surface area contributed by atoms with Gasteiger partial charge >= 0.3 is 6.18 Å². The van der Waals surface area contributed by atoms with Gasteiger partial charge in [-0.1, -0.05) is 40.6 Å². The van der Waals surface area contributed by atoms with Crippen molar-refractivity contribution in [3.63, 3.8) is 0 Å². The molecule has 30 heavy (non-hydrogen) atoms. The number of oxime groups is 2. The monoisotopic (exact) mass is 423 g/mol. The topological polar surface area (TPSA) is 72.3 Å². The minimum Gasteiger partial charge on any atom is -0.399 e. The second kappa shape index (κ2) is 12.3. The summed E-state index contributed by atoms with van der Waals surface area (Å²) in [7, 11) is 3.18. The molecule has 0 aliphatic carbocycles. The van der Waals surface area contributed by atoms with Crippen LogP contribution in [0, 0.1) is 0 Å². The van der Waals surface area contributed by atoms with Gasteiger partial charge in [-0.15, -0.1) is 0 Å². The molecule has 2 rings (SSSR count). The molecule has 0 heterocycles. The highest BCUT2D eigenvalue weighted by molar-refractivity contribution is 6.26. The van der Waals surface area contributed by atoms with E-state index in [4.69, 9.17) is 4.84 Å². The van der Waals surface area contributed by atoms with Gasteiger partial charge in [0.2, 0.25) is 0 Å². The van der Waals surface area contributed by atoms with Crippen LogP contribution in [0.4, 0.5) is 18.9 Å². The number of carbonyl (C=O) groups excluding carboxylic acids is 1. The minimum absolute atomic E-state index is 0.109. The largest absolute Gasteiger partial charge is 0.416 e. The van der Waals surface area contributed by atoms with Gasteiger partial charge in [0.1, 0.15) is 19.4 Å². The molecule has 0 bridgehead atoms. The van der Waals surface area contributed by atoms with E-state index in [0.717, 1.165) is 29.6 Å². The highest BCUT2D eigenvalue weighted by Gasteiger charge is 2.30. The number of nitrogens with one attached hydrogen (secondary N) is 1. The zero-order valence-electron chi connectivity index (χ0n) is 17.1. The normalized spacial score (nSPS) is 12.2. The lowest BCUT2D eigenvalue weighted by Crippen LogP contribution is -2.06. The number of benzene rings is 2. The van der Waals surface area contributed by atoms with Gasteiger partial charge in [0.05, 0.1) is 11.8 Å². The van der Waals surface area contributed by atoms with E-state index in [1.807, 2.05) is 24.3 Å². The van der Waals surface area contributed by atoms with Crippen LogP contribution in [0.5, 0.6) is 0 Å². The molecule has 162 valence electrons. The van der Waals surface area contributed by atoms with Gasteiger partial charge in [-0.05, 0) is 30.7 Å². The number of Topliss-reactive ketones (excluding diaryl/α,β-unsaturated/α-hetero) is 1. The number of ketones is 1. The van der Waals surface area contributed by atoms with Gasteiger partial charge in [0.25, 0.3) is 0 Å². The van der Waals surface area contributed by atoms with Crippen LogP contribution in [-0.4, -0.2) is 32.4 Å². The van der Waals surface area contributed by atoms with E-state index >= 15 is 0 Å². The summed E-state index contributed by atoms with van der Waals surface area (Å²) in [4.78, 5) is 19.4. The summed E-state index contributed by atoms with van der Waals surface area (Å²) in [5.74, 6) is -0.109. The molecule has 0 amide bonds. The van der Waals surface area contributed by atoms with Crippen LogP contribution >= 0.6 is 0 Å². The first kappa shape index (κ1) is 24.7. The average molecular weight is 423 g/mol. The van der Waals surface area contributed by atoms with E-state index in [1.54, 1.807) is 20.0 Å². The maximum atomic E-state index is 12.7. The minimum atomic E-state index is -4.37. The highest BCUT2D eigenvalue weighted by Crippen LogP contribution is 2.31. The molecule has 0 fully saturated rings. The Labute approximate surface area is 173 Å². The number of hydrogen-bond donors (Lipinski definition) is 1. The Kier molecular flexibility index (Phi) is 10.1. The smallest absolute Gasteiger partial charge is 0.399 e. The number of alkyl halides is 3. The number of hydrogen-bond acceptors (Lipinski definition) is 6. The van der Waals surface area contributed by atoms with Gasteiger partial charge in [-0.25, -0.2) is 0 Å². The SMILES string of the molecule is CNc1ccccc1/C=N/OC(C)c1cccc(C(F)(F)F)c1.CO/N=C/C(C)=O. The number of para-hydroxylation sites is 1. The first-order valence-electron chi connectivity index (χ1n) is 8.89. The zero-order chi connectivity index (χ0) is 22.6. The fourth-order valence-corrected chi connectivity index (χ4v) is 2.17. The number of rotatable bonds is 7.